The lowest BCUT2D eigenvalue weighted by molar-refractivity contribution is -0.212. The number of unbranched alkanes of at least 4 members (excludes halogenated alkanes) is 2. The minimum atomic E-state index is -1.11. The second kappa shape index (κ2) is 19.6. The molecule has 0 bridgehead atoms. The van der Waals surface area contributed by atoms with E-state index in [0.717, 1.165) is 31.2 Å². The molecule has 2 aromatic rings. The van der Waals surface area contributed by atoms with Gasteiger partial charge in [-0.1, -0.05) is 66.0 Å². The molecule has 49 heavy (non-hydrogen) atoms. The van der Waals surface area contributed by atoms with Gasteiger partial charge in [0, 0.05) is 30.5 Å². The molecule has 0 fully saturated rings. The summed E-state index contributed by atoms with van der Waals surface area (Å²) in [6.07, 6.45) is 3.27. The summed E-state index contributed by atoms with van der Waals surface area (Å²) in [7, 11) is 0. The number of hydroxylamine groups is 2. The summed E-state index contributed by atoms with van der Waals surface area (Å²) < 4.78 is 5.75. The van der Waals surface area contributed by atoms with Crippen LogP contribution in [-0.2, 0) is 30.4 Å². The summed E-state index contributed by atoms with van der Waals surface area (Å²) in [4.78, 5) is 62.3. The largest absolute Gasteiger partial charge is 0.481 e. The van der Waals surface area contributed by atoms with Crippen molar-refractivity contribution >= 4 is 40.8 Å². The maximum absolute atomic E-state index is 13.7. The summed E-state index contributed by atoms with van der Waals surface area (Å²) in [5, 5.41) is 16.1. The van der Waals surface area contributed by atoms with E-state index in [-0.39, 0.29) is 36.3 Å². The quantitative estimate of drug-likeness (QED) is 0.0527. The van der Waals surface area contributed by atoms with Crippen molar-refractivity contribution in [2.75, 3.05) is 12.3 Å². The molecule has 0 unspecified atom stereocenters. The van der Waals surface area contributed by atoms with Crippen molar-refractivity contribution in [3.63, 3.8) is 0 Å². The SMILES string of the molecule is CCCCCON(C(=O)[C@@H](N)[C@@H](C)CC)[C@H](C[C@@H](OC(C)=O)c1nc(C(=O)N[C@@H](Cc2ccc(N)cc2)CC(C)(C)C(=O)O)cs1)C(C)C. The minimum absolute atomic E-state index is 0.0729. The van der Waals surface area contributed by atoms with Crippen LogP contribution in [0.2, 0.25) is 0 Å². The second-order valence-corrected chi connectivity index (χ2v) is 14.7. The zero-order chi connectivity index (χ0) is 36.9. The van der Waals surface area contributed by atoms with E-state index in [2.05, 4.69) is 17.2 Å². The first-order valence-corrected chi connectivity index (χ1v) is 18.1. The number of nitrogens with zero attached hydrogens (tertiary/aromatic N) is 2. The summed E-state index contributed by atoms with van der Waals surface area (Å²) in [6, 6.07) is 5.38. The smallest absolute Gasteiger partial charge is 0.309 e. The Hall–Kier alpha value is -3.55. The lowest BCUT2D eigenvalue weighted by Gasteiger charge is -2.37. The number of carboxylic acid groups (broad SMARTS) is 1. The topological polar surface area (TPSA) is 187 Å². The molecule has 0 aliphatic carbocycles. The first-order valence-electron chi connectivity index (χ1n) is 17.2. The van der Waals surface area contributed by atoms with E-state index in [4.69, 9.17) is 21.0 Å². The van der Waals surface area contributed by atoms with Gasteiger partial charge in [-0.15, -0.1) is 11.3 Å². The van der Waals surface area contributed by atoms with Gasteiger partial charge in [-0.3, -0.25) is 24.0 Å². The third-order valence-electron chi connectivity index (χ3n) is 8.73. The standard InChI is InChI=1S/C36H57N5O7S/c1-9-11-12-17-47-41(34(44)31(38)23(5)10-2)29(22(3)4)19-30(48-24(6)42)33-40-28(21-49-33)32(43)39-27(20-36(7,8)35(45)46)18-25-13-15-26(37)16-14-25/h13-16,21-23,27,29-31H,9-12,17-20,37-38H2,1-8H3,(H,39,43)(H,45,46)/t23-,27-,29+,30+,31-/m0/s1. The maximum atomic E-state index is 13.7. The number of anilines is 1. The molecule has 2 rings (SSSR count). The third kappa shape index (κ3) is 13.0. The number of esters is 1. The Labute approximate surface area is 295 Å². The highest BCUT2D eigenvalue weighted by molar-refractivity contribution is 7.09. The van der Waals surface area contributed by atoms with Gasteiger partial charge in [-0.25, -0.2) is 10.0 Å². The number of ether oxygens (including phenoxy) is 1. The van der Waals surface area contributed by atoms with Gasteiger partial charge >= 0.3 is 11.9 Å². The molecule has 12 nitrogen and oxygen atoms in total. The van der Waals surface area contributed by atoms with Crippen molar-refractivity contribution in [2.24, 2.45) is 23.0 Å². The van der Waals surface area contributed by atoms with E-state index in [0.29, 0.717) is 23.7 Å². The van der Waals surface area contributed by atoms with Crippen LogP contribution in [0.25, 0.3) is 0 Å². The molecule has 6 N–H and O–H groups in total. The molecular formula is C36H57N5O7S. The summed E-state index contributed by atoms with van der Waals surface area (Å²) in [5.74, 6) is -2.51. The number of nitrogens with two attached hydrogens (primary N) is 2. The molecule has 13 heteroatoms. The Morgan fingerprint density at radius 2 is 1.73 bits per heavy atom. The lowest BCUT2D eigenvalue weighted by Crippen LogP contribution is -2.53. The van der Waals surface area contributed by atoms with E-state index < -0.39 is 47.5 Å². The molecule has 1 heterocycles. The number of carboxylic acids is 1. The molecule has 0 saturated heterocycles. The molecule has 0 aliphatic rings. The Morgan fingerprint density at radius 3 is 2.29 bits per heavy atom. The fourth-order valence-electron chi connectivity index (χ4n) is 5.35. The number of amides is 2. The molecule has 2 amide bonds. The molecule has 274 valence electrons. The van der Waals surface area contributed by atoms with Gasteiger partial charge in [0.1, 0.15) is 10.7 Å². The molecule has 0 saturated carbocycles. The zero-order valence-corrected chi connectivity index (χ0v) is 31.2. The number of aliphatic carboxylic acids is 1. The van der Waals surface area contributed by atoms with Crippen LogP contribution in [0, 0.1) is 17.3 Å². The van der Waals surface area contributed by atoms with Crippen molar-refractivity contribution in [3.8, 4) is 0 Å². The number of aromatic nitrogens is 1. The predicted molar refractivity (Wildman–Crippen MR) is 191 cm³/mol. The zero-order valence-electron chi connectivity index (χ0n) is 30.4. The van der Waals surface area contributed by atoms with Crippen LogP contribution in [0.5, 0.6) is 0 Å². The molecule has 1 aromatic heterocycles. The van der Waals surface area contributed by atoms with Gasteiger partial charge in [0.15, 0.2) is 6.10 Å². The Morgan fingerprint density at radius 1 is 1.08 bits per heavy atom. The molecule has 0 spiro atoms. The van der Waals surface area contributed by atoms with E-state index in [1.54, 1.807) is 31.4 Å². The number of hydrogen-bond acceptors (Lipinski definition) is 10. The summed E-state index contributed by atoms with van der Waals surface area (Å²) in [6.45, 7) is 14.8. The Bertz CT molecular complexity index is 1360. The van der Waals surface area contributed by atoms with Crippen molar-refractivity contribution in [2.45, 2.75) is 125 Å². The van der Waals surface area contributed by atoms with Crippen molar-refractivity contribution in [3.05, 3.63) is 45.9 Å². The highest BCUT2D eigenvalue weighted by atomic mass is 32.1. The second-order valence-electron chi connectivity index (χ2n) is 13.8. The van der Waals surface area contributed by atoms with Crippen molar-refractivity contribution in [1.82, 2.24) is 15.4 Å². The van der Waals surface area contributed by atoms with Crippen LogP contribution < -0.4 is 16.8 Å². The summed E-state index contributed by atoms with van der Waals surface area (Å²) >= 11 is 1.17. The molecular weight excluding hydrogens is 646 g/mol. The summed E-state index contributed by atoms with van der Waals surface area (Å²) in [5.41, 5.74) is 12.7. The van der Waals surface area contributed by atoms with E-state index in [1.165, 1.54) is 23.3 Å². The van der Waals surface area contributed by atoms with Crippen LogP contribution >= 0.6 is 11.3 Å². The van der Waals surface area contributed by atoms with Gasteiger partial charge in [0.2, 0.25) is 0 Å². The fourth-order valence-corrected chi connectivity index (χ4v) is 6.19. The number of nitrogens with one attached hydrogen (secondary N) is 1. The molecule has 0 radical (unpaired) electrons. The Kier molecular flexibility index (Phi) is 16.6. The highest BCUT2D eigenvalue weighted by Crippen LogP contribution is 2.32. The van der Waals surface area contributed by atoms with Crippen LogP contribution in [0.3, 0.4) is 0 Å². The number of carbonyl (C=O) groups is 4. The number of carbonyl (C=O) groups excluding carboxylic acids is 3. The van der Waals surface area contributed by atoms with Gasteiger partial charge in [-0.05, 0) is 62.6 Å². The fraction of sp³-hybridized carbons (Fsp3) is 0.639. The highest BCUT2D eigenvalue weighted by Gasteiger charge is 2.37. The van der Waals surface area contributed by atoms with E-state index in [1.807, 2.05) is 39.8 Å². The minimum Gasteiger partial charge on any atom is -0.481 e. The number of nitrogen functional groups attached to an aromatic ring is 1. The number of benzene rings is 1. The predicted octanol–water partition coefficient (Wildman–Crippen LogP) is 5.91. The third-order valence-corrected chi connectivity index (χ3v) is 9.67. The van der Waals surface area contributed by atoms with Gasteiger partial charge in [0.25, 0.3) is 11.8 Å². The monoisotopic (exact) mass is 703 g/mol. The van der Waals surface area contributed by atoms with Crippen molar-refractivity contribution < 1.29 is 33.9 Å². The normalized spacial score (nSPS) is 14.8. The van der Waals surface area contributed by atoms with Gasteiger partial charge in [-0.2, -0.15) is 0 Å². The Balaban J connectivity index is 2.39. The van der Waals surface area contributed by atoms with E-state index in [9.17, 15) is 24.3 Å². The van der Waals surface area contributed by atoms with Gasteiger partial charge in [0.05, 0.1) is 24.1 Å². The van der Waals surface area contributed by atoms with Crippen molar-refractivity contribution in [1.29, 1.82) is 0 Å². The number of rotatable bonds is 21. The van der Waals surface area contributed by atoms with Crippen LogP contribution in [0.15, 0.2) is 29.6 Å². The van der Waals surface area contributed by atoms with E-state index >= 15 is 0 Å². The molecule has 0 aliphatic heterocycles. The average Bonchev–Trinajstić information content (AvgIpc) is 3.53. The van der Waals surface area contributed by atoms with Crippen LogP contribution in [-0.4, -0.2) is 63.6 Å². The first-order chi connectivity index (χ1) is 23.0. The number of hydrogen-bond donors (Lipinski definition) is 4. The van der Waals surface area contributed by atoms with Gasteiger partial charge < -0.3 is 26.6 Å². The molecule has 1 aromatic carbocycles. The van der Waals surface area contributed by atoms with Crippen LogP contribution in [0.1, 0.15) is 121 Å². The average molecular weight is 704 g/mol. The van der Waals surface area contributed by atoms with Crippen LogP contribution in [0.4, 0.5) is 5.69 Å². The maximum Gasteiger partial charge on any atom is 0.309 e. The first kappa shape index (κ1) is 41.6. The number of thiazole rings is 1. The molecule has 5 atom stereocenters. The lowest BCUT2D eigenvalue weighted by atomic mass is 9.84.